The van der Waals surface area contributed by atoms with Gasteiger partial charge in [-0.1, -0.05) is 6.07 Å². The highest BCUT2D eigenvalue weighted by molar-refractivity contribution is 5.83. The molecule has 0 unspecified atom stereocenters. The Labute approximate surface area is 81.5 Å². The molecule has 1 aliphatic heterocycles. The van der Waals surface area contributed by atoms with Gasteiger partial charge in [0.25, 0.3) is 0 Å². The largest absolute Gasteiger partial charge is 0.508 e. The molecule has 0 aliphatic carbocycles. The number of rotatable bonds is 1. The number of fused-ring (bicyclic) bond motifs is 1. The van der Waals surface area contributed by atoms with Gasteiger partial charge in [-0.2, -0.15) is 0 Å². The van der Waals surface area contributed by atoms with Crippen molar-refractivity contribution in [3.05, 3.63) is 23.8 Å². The van der Waals surface area contributed by atoms with Crippen LogP contribution in [0.25, 0.3) is 0 Å². The third-order valence-corrected chi connectivity index (χ3v) is 2.33. The molecule has 0 amide bonds. The molecule has 0 saturated heterocycles. The Hall–Kier alpha value is -1.71. The summed E-state index contributed by atoms with van der Waals surface area (Å²) < 4.78 is 4.63. The summed E-state index contributed by atoms with van der Waals surface area (Å²) in [6.45, 7) is 0. The fraction of sp³-hybridized carbons (Fsp3) is 0.300. The van der Waals surface area contributed by atoms with E-state index in [1.54, 1.807) is 18.2 Å². The van der Waals surface area contributed by atoms with Crippen LogP contribution in [0, 0.1) is 0 Å². The van der Waals surface area contributed by atoms with Crippen LogP contribution in [-0.2, 0) is 16.0 Å². The molecule has 0 spiro atoms. The van der Waals surface area contributed by atoms with Crippen LogP contribution in [0.4, 0.5) is 5.69 Å². The smallest absolute Gasteiger partial charge is 0.328 e. The number of carbonyl (C=O) groups excluding carboxylic acids is 1. The molecule has 0 fully saturated rings. The molecule has 0 aromatic heterocycles. The molecule has 4 nitrogen and oxygen atoms in total. The first-order chi connectivity index (χ1) is 6.70. The molecule has 1 aromatic carbocycles. The molecule has 1 atom stereocenters. The molecule has 0 radical (unpaired) electrons. The topological polar surface area (TPSA) is 58.6 Å². The summed E-state index contributed by atoms with van der Waals surface area (Å²) in [5, 5.41) is 12.2. The molecular weight excluding hydrogens is 182 g/mol. The predicted octanol–water partition coefficient (Wildman–Crippen LogP) is 0.902. The van der Waals surface area contributed by atoms with Gasteiger partial charge in [0.05, 0.1) is 7.11 Å². The minimum absolute atomic E-state index is 0.196. The lowest BCUT2D eigenvalue weighted by Gasteiger charge is -2.07. The highest BCUT2D eigenvalue weighted by Gasteiger charge is 2.27. The average Bonchev–Trinajstić information content (AvgIpc) is 2.59. The first kappa shape index (κ1) is 8.87. The van der Waals surface area contributed by atoms with Crippen LogP contribution >= 0.6 is 0 Å². The number of phenols is 1. The van der Waals surface area contributed by atoms with Crippen LogP contribution in [0.2, 0.25) is 0 Å². The zero-order valence-corrected chi connectivity index (χ0v) is 7.78. The summed E-state index contributed by atoms with van der Waals surface area (Å²) in [7, 11) is 1.37. The summed E-state index contributed by atoms with van der Waals surface area (Å²) in [6.07, 6.45) is 0.613. The second-order valence-electron chi connectivity index (χ2n) is 3.27. The van der Waals surface area contributed by atoms with Crippen LogP contribution in [-0.4, -0.2) is 24.2 Å². The first-order valence-corrected chi connectivity index (χ1v) is 4.37. The zero-order chi connectivity index (χ0) is 10.1. The fourth-order valence-corrected chi connectivity index (χ4v) is 1.62. The van der Waals surface area contributed by atoms with E-state index < -0.39 is 0 Å². The Morgan fingerprint density at radius 1 is 1.64 bits per heavy atom. The maximum absolute atomic E-state index is 11.2. The average molecular weight is 193 g/mol. The van der Waals surface area contributed by atoms with Gasteiger partial charge in [-0.05, 0) is 11.6 Å². The number of esters is 1. The van der Waals surface area contributed by atoms with E-state index >= 15 is 0 Å². The third kappa shape index (κ3) is 1.39. The van der Waals surface area contributed by atoms with Crippen LogP contribution in [0.1, 0.15) is 5.56 Å². The molecule has 1 heterocycles. The van der Waals surface area contributed by atoms with Gasteiger partial charge in [0, 0.05) is 18.2 Å². The molecule has 1 aromatic rings. The van der Waals surface area contributed by atoms with Gasteiger partial charge in [0.1, 0.15) is 11.8 Å². The Balaban J connectivity index is 2.22. The summed E-state index contributed by atoms with van der Waals surface area (Å²) >= 11 is 0. The normalized spacial score (nSPS) is 18.5. The van der Waals surface area contributed by atoms with Crippen molar-refractivity contribution < 1.29 is 14.6 Å². The number of phenolic OH excluding ortho intramolecular Hbond substituents is 1. The Morgan fingerprint density at radius 3 is 3.14 bits per heavy atom. The zero-order valence-electron chi connectivity index (χ0n) is 7.78. The lowest BCUT2D eigenvalue weighted by atomic mass is 10.1. The van der Waals surface area contributed by atoms with Gasteiger partial charge in [-0.3, -0.25) is 0 Å². The van der Waals surface area contributed by atoms with Gasteiger partial charge in [0.15, 0.2) is 0 Å². The van der Waals surface area contributed by atoms with E-state index in [-0.39, 0.29) is 17.8 Å². The van der Waals surface area contributed by atoms with Crippen molar-refractivity contribution >= 4 is 11.7 Å². The summed E-state index contributed by atoms with van der Waals surface area (Å²) in [5.41, 5.74) is 1.83. The lowest BCUT2D eigenvalue weighted by Crippen LogP contribution is -2.27. The fourth-order valence-electron chi connectivity index (χ4n) is 1.62. The molecule has 1 aliphatic rings. The van der Waals surface area contributed by atoms with Gasteiger partial charge in [0.2, 0.25) is 0 Å². The Bertz CT molecular complexity index is 376. The lowest BCUT2D eigenvalue weighted by molar-refractivity contribution is -0.141. The quantitative estimate of drug-likeness (QED) is 0.650. The molecule has 0 saturated carbocycles. The summed E-state index contributed by atoms with van der Waals surface area (Å²) in [5.74, 6) is -0.0811. The van der Waals surface area contributed by atoms with Crippen molar-refractivity contribution in [1.29, 1.82) is 0 Å². The number of hydrogen-bond acceptors (Lipinski definition) is 4. The molecular formula is C10H11NO3. The number of methoxy groups -OCH3 is 1. The number of anilines is 1. The van der Waals surface area contributed by atoms with Gasteiger partial charge in [-0.15, -0.1) is 0 Å². The molecule has 4 heteroatoms. The number of nitrogens with one attached hydrogen (secondary N) is 1. The highest BCUT2D eigenvalue weighted by Crippen LogP contribution is 2.29. The molecule has 2 N–H and O–H groups in total. The van der Waals surface area contributed by atoms with Crippen LogP contribution in [0.3, 0.4) is 0 Å². The minimum Gasteiger partial charge on any atom is -0.508 e. The van der Waals surface area contributed by atoms with Crippen molar-refractivity contribution in [3.63, 3.8) is 0 Å². The molecule has 2 rings (SSSR count). The number of ether oxygens (including phenoxy) is 1. The highest BCUT2D eigenvalue weighted by atomic mass is 16.5. The maximum Gasteiger partial charge on any atom is 0.328 e. The van der Waals surface area contributed by atoms with Crippen molar-refractivity contribution in [1.82, 2.24) is 0 Å². The van der Waals surface area contributed by atoms with Crippen LogP contribution in [0.15, 0.2) is 18.2 Å². The predicted molar refractivity (Wildman–Crippen MR) is 51.2 cm³/mol. The molecule has 14 heavy (non-hydrogen) atoms. The first-order valence-electron chi connectivity index (χ1n) is 4.37. The van der Waals surface area contributed by atoms with Crippen molar-refractivity contribution in [3.8, 4) is 5.75 Å². The number of hydrogen-bond donors (Lipinski definition) is 2. The van der Waals surface area contributed by atoms with Gasteiger partial charge in [-0.25, -0.2) is 4.79 Å². The van der Waals surface area contributed by atoms with E-state index in [9.17, 15) is 9.90 Å². The van der Waals surface area contributed by atoms with E-state index in [2.05, 4.69) is 10.1 Å². The second-order valence-corrected chi connectivity index (χ2v) is 3.27. The van der Waals surface area contributed by atoms with Crippen molar-refractivity contribution in [2.24, 2.45) is 0 Å². The van der Waals surface area contributed by atoms with Crippen LogP contribution in [0.5, 0.6) is 5.75 Å². The number of carbonyl (C=O) groups is 1. The van der Waals surface area contributed by atoms with E-state index in [0.717, 1.165) is 11.3 Å². The van der Waals surface area contributed by atoms with Gasteiger partial charge >= 0.3 is 5.97 Å². The second kappa shape index (κ2) is 3.21. The van der Waals surface area contributed by atoms with Crippen molar-refractivity contribution in [2.45, 2.75) is 12.5 Å². The number of aromatic hydroxyl groups is 1. The molecule has 74 valence electrons. The summed E-state index contributed by atoms with van der Waals surface area (Å²) in [6, 6.07) is 4.70. The Morgan fingerprint density at radius 2 is 2.43 bits per heavy atom. The van der Waals surface area contributed by atoms with E-state index in [1.807, 2.05) is 0 Å². The maximum atomic E-state index is 11.2. The monoisotopic (exact) mass is 193 g/mol. The van der Waals surface area contributed by atoms with Gasteiger partial charge < -0.3 is 15.2 Å². The van der Waals surface area contributed by atoms with Crippen LogP contribution < -0.4 is 5.32 Å². The molecule has 0 bridgehead atoms. The third-order valence-electron chi connectivity index (χ3n) is 2.33. The van der Waals surface area contributed by atoms with Crippen molar-refractivity contribution in [2.75, 3.05) is 12.4 Å². The van der Waals surface area contributed by atoms with E-state index in [4.69, 9.17) is 0 Å². The summed E-state index contributed by atoms with van der Waals surface area (Å²) in [4.78, 5) is 11.2. The Kier molecular flexibility index (Phi) is 2.04. The SMILES string of the molecule is COC(=O)[C@H]1Cc2ccc(O)cc2N1. The standard InChI is InChI=1S/C10H11NO3/c1-14-10(13)9-4-6-2-3-7(12)5-8(6)11-9/h2-3,5,9,11-12H,4H2,1H3/t9-/m1/s1. The van der Waals surface area contributed by atoms with E-state index in [0.29, 0.717) is 6.42 Å². The number of benzene rings is 1. The van der Waals surface area contributed by atoms with E-state index in [1.165, 1.54) is 7.11 Å². The minimum atomic E-state index is -0.322.